The van der Waals surface area contributed by atoms with E-state index in [4.69, 9.17) is 10.8 Å². The standard InChI is InChI=1S/C13H15N3O/c1-2-9-3-5-10(6-4-9)13-15-7-11(8-17)12(14)16-13/h3-7,17H,2,8H2,1H3,(H2,14,15,16). The largest absolute Gasteiger partial charge is 0.391 e. The second-order valence-corrected chi connectivity index (χ2v) is 3.81. The van der Waals surface area contributed by atoms with Crippen LogP contribution in [0.2, 0.25) is 0 Å². The van der Waals surface area contributed by atoms with Gasteiger partial charge >= 0.3 is 0 Å². The van der Waals surface area contributed by atoms with Crippen molar-refractivity contribution in [3.8, 4) is 11.4 Å². The van der Waals surface area contributed by atoms with Crippen molar-refractivity contribution in [2.24, 2.45) is 0 Å². The van der Waals surface area contributed by atoms with Crippen LogP contribution in [0.4, 0.5) is 5.82 Å². The van der Waals surface area contributed by atoms with Crippen molar-refractivity contribution in [1.29, 1.82) is 0 Å². The van der Waals surface area contributed by atoms with Crippen LogP contribution in [0.1, 0.15) is 18.1 Å². The summed E-state index contributed by atoms with van der Waals surface area (Å²) in [5, 5.41) is 8.99. The molecule has 0 spiro atoms. The molecule has 4 nitrogen and oxygen atoms in total. The Labute approximate surface area is 100 Å². The van der Waals surface area contributed by atoms with Gasteiger partial charge in [-0.25, -0.2) is 9.97 Å². The molecule has 1 aromatic carbocycles. The molecule has 4 heteroatoms. The van der Waals surface area contributed by atoms with Crippen LogP contribution in [-0.2, 0) is 13.0 Å². The summed E-state index contributed by atoms with van der Waals surface area (Å²) < 4.78 is 0. The van der Waals surface area contributed by atoms with Gasteiger partial charge in [0.25, 0.3) is 0 Å². The summed E-state index contributed by atoms with van der Waals surface area (Å²) in [5.74, 6) is 0.916. The lowest BCUT2D eigenvalue weighted by molar-refractivity contribution is 0.281. The number of aliphatic hydroxyl groups is 1. The van der Waals surface area contributed by atoms with Gasteiger partial charge < -0.3 is 10.8 Å². The fraction of sp³-hybridized carbons (Fsp3) is 0.231. The number of hydrogen-bond donors (Lipinski definition) is 2. The third-order valence-electron chi connectivity index (χ3n) is 2.69. The normalized spacial score (nSPS) is 10.5. The fourth-order valence-electron chi connectivity index (χ4n) is 1.57. The topological polar surface area (TPSA) is 72.0 Å². The summed E-state index contributed by atoms with van der Waals surface area (Å²) in [6.45, 7) is 1.97. The van der Waals surface area contributed by atoms with Crippen molar-refractivity contribution >= 4 is 5.82 Å². The average Bonchev–Trinajstić information content (AvgIpc) is 2.39. The zero-order chi connectivity index (χ0) is 12.3. The van der Waals surface area contributed by atoms with Crippen LogP contribution in [0, 0.1) is 0 Å². The Morgan fingerprint density at radius 2 is 1.94 bits per heavy atom. The van der Waals surface area contributed by atoms with Gasteiger partial charge in [0.1, 0.15) is 5.82 Å². The predicted octanol–water partition coefficient (Wildman–Crippen LogP) is 1.78. The molecule has 2 aromatic rings. The van der Waals surface area contributed by atoms with Crippen molar-refractivity contribution in [3.05, 3.63) is 41.6 Å². The molecule has 0 saturated heterocycles. The van der Waals surface area contributed by atoms with Gasteiger partial charge in [0, 0.05) is 17.3 Å². The number of rotatable bonds is 3. The summed E-state index contributed by atoms with van der Waals surface area (Å²) in [6.07, 6.45) is 2.57. The molecule has 17 heavy (non-hydrogen) atoms. The van der Waals surface area contributed by atoms with E-state index in [0.717, 1.165) is 12.0 Å². The van der Waals surface area contributed by atoms with E-state index in [1.54, 1.807) is 6.20 Å². The van der Waals surface area contributed by atoms with E-state index in [1.807, 2.05) is 12.1 Å². The summed E-state index contributed by atoms with van der Waals surface area (Å²) in [4.78, 5) is 8.36. The van der Waals surface area contributed by atoms with Crippen molar-refractivity contribution in [1.82, 2.24) is 9.97 Å². The molecule has 0 bridgehead atoms. The molecule has 3 N–H and O–H groups in total. The summed E-state index contributed by atoms with van der Waals surface area (Å²) in [5.41, 5.74) is 8.47. The number of benzene rings is 1. The van der Waals surface area contributed by atoms with E-state index < -0.39 is 0 Å². The predicted molar refractivity (Wildman–Crippen MR) is 67.2 cm³/mol. The van der Waals surface area contributed by atoms with E-state index in [0.29, 0.717) is 17.2 Å². The van der Waals surface area contributed by atoms with Gasteiger partial charge in [-0.3, -0.25) is 0 Å². The number of aryl methyl sites for hydroxylation is 1. The first-order valence-corrected chi connectivity index (χ1v) is 5.56. The summed E-state index contributed by atoms with van der Waals surface area (Å²) in [6, 6.07) is 8.06. The molecule has 0 unspecified atom stereocenters. The van der Waals surface area contributed by atoms with E-state index in [1.165, 1.54) is 5.56 Å². The van der Waals surface area contributed by atoms with Crippen LogP contribution in [-0.4, -0.2) is 15.1 Å². The monoisotopic (exact) mass is 229 g/mol. The molecule has 0 atom stereocenters. The van der Waals surface area contributed by atoms with Crippen LogP contribution in [0.5, 0.6) is 0 Å². The Balaban J connectivity index is 2.35. The highest BCUT2D eigenvalue weighted by Gasteiger charge is 2.05. The maximum absolute atomic E-state index is 8.99. The lowest BCUT2D eigenvalue weighted by Crippen LogP contribution is -2.01. The van der Waals surface area contributed by atoms with Crippen molar-refractivity contribution in [2.75, 3.05) is 5.73 Å². The molecule has 0 saturated carbocycles. The highest BCUT2D eigenvalue weighted by molar-refractivity contribution is 5.57. The average molecular weight is 229 g/mol. The van der Waals surface area contributed by atoms with Gasteiger partial charge in [0.2, 0.25) is 0 Å². The van der Waals surface area contributed by atoms with Gasteiger partial charge in [-0.05, 0) is 12.0 Å². The second-order valence-electron chi connectivity index (χ2n) is 3.81. The lowest BCUT2D eigenvalue weighted by Gasteiger charge is -2.05. The van der Waals surface area contributed by atoms with Crippen LogP contribution >= 0.6 is 0 Å². The minimum Gasteiger partial charge on any atom is -0.391 e. The molecule has 0 fully saturated rings. The van der Waals surface area contributed by atoms with Crippen LogP contribution in [0.3, 0.4) is 0 Å². The molecule has 0 aliphatic rings. The third-order valence-corrected chi connectivity index (χ3v) is 2.69. The number of nitrogen functional groups attached to an aromatic ring is 1. The molecule has 0 aliphatic heterocycles. The highest BCUT2D eigenvalue weighted by Crippen LogP contribution is 2.18. The first-order valence-electron chi connectivity index (χ1n) is 5.56. The lowest BCUT2D eigenvalue weighted by atomic mass is 10.1. The van der Waals surface area contributed by atoms with E-state index in [-0.39, 0.29) is 6.61 Å². The van der Waals surface area contributed by atoms with Gasteiger partial charge in [0.05, 0.1) is 6.61 Å². The van der Waals surface area contributed by atoms with E-state index in [9.17, 15) is 0 Å². The second kappa shape index (κ2) is 4.93. The highest BCUT2D eigenvalue weighted by atomic mass is 16.3. The Hall–Kier alpha value is -1.94. The van der Waals surface area contributed by atoms with Crippen molar-refractivity contribution in [2.45, 2.75) is 20.0 Å². The Morgan fingerprint density at radius 1 is 1.24 bits per heavy atom. The van der Waals surface area contributed by atoms with Gasteiger partial charge in [-0.1, -0.05) is 31.2 Å². The molecule has 0 amide bonds. The Kier molecular flexibility index (Phi) is 3.35. The summed E-state index contributed by atoms with van der Waals surface area (Å²) in [7, 11) is 0. The number of anilines is 1. The minimum absolute atomic E-state index is 0.138. The van der Waals surface area contributed by atoms with Crippen LogP contribution < -0.4 is 5.73 Å². The molecule has 1 heterocycles. The number of aliphatic hydroxyl groups excluding tert-OH is 1. The molecule has 2 rings (SSSR count). The smallest absolute Gasteiger partial charge is 0.161 e. The van der Waals surface area contributed by atoms with Crippen molar-refractivity contribution in [3.63, 3.8) is 0 Å². The molecular weight excluding hydrogens is 214 g/mol. The third kappa shape index (κ3) is 2.42. The van der Waals surface area contributed by atoms with Crippen molar-refractivity contribution < 1.29 is 5.11 Å². The SMILES string of the molecule is CCc1ccc(-c2ncc(CO)c(N)n2)cc1. The van der Waals surface area contributed by atoms with Gasteiger partial charge in [0.15, 0.2) is 5.82 Å². The number of aromatic nitrogens is 2. The fourth-order valence-corrected chi connectivity index (χ4v) is 1.57. The van der Waals surface area contributed by atoms with Gasteiger partial charge in [-0.15, -0.1) is 0 Å². The Morgan fingerprint density at radius 3 is 2.47 bits per heavy atom. The quantitative estimate of drug-likeness (QED) is 0.841. The van der Waals surface area contributed by atoms with Crippen LogP contribution in [0.15, 0.2) is 30.5 Å². The number of nitrogens with zero attached hydrogens (tertiary/aromatic N) is 2. The maximum Gasteiger partial charge on any atom is 0.161 e. The number of nitrogens with two attached hydrogens (primary N) is 1. The first-order chi connectivity index (χ1) is 8.24. The summed E-state index contributed by atoms with van der Waals surface area (Å²) >= 11 is 0. The Bertz CT molecular complexity index is 509. The molecular formula is C13H15N3O. The minimum atomic E-state index is -0.138. The van der Waals surface area contributed by atoms with Crippen LogP contribution in [0.25, 0.3) is 11.4 Å². The molecule has 88 valence electrons. The maximum atomic E-state index is 8.99. The molecule has 0 aliphatic carbocycles. The van der Waals surface area contributed by atoms with Gasteiger partial charge in [-0.2, -0.15) is 0 Å². The van der Waals surface area contributed by atoms with E-state index in [2.05, 4.69) is 29.0 Å². The molecule has 0 radical (unpaired) electrons. The zero-order valence-corrected chi connectivity index (χ0v) is 9.72. The first kappa shape index (κ1) is 11.5. The zero-order valence-electron chi connectivity index (χ0n) is 9.72. The van der Waals surface area contributed by atoms with E-state index >= 15 is 0 Å². The number of hydrogen-bond acceptors (Lipinski definition) is 4. The molecule has 1 aromatic heterocycles.